The van der Waals surface area contributed by atoms with Crippen LogP contribution in [0.5, 0.6) is 0 Å². The van der Waals surface area contributed by atoms with Crippen LogP contribution in [0.1, 0.15) is 25.5 Å². The van der Waals surface area contributed by atoms with E-state index in [-0.39, 0.29) is 19.0 Å². The van der Waals surface area contributed by atoms with Crippen molar-refractivity contribution in [2.24, 2.45) is 10.9 Å². The lowest BCUT2D eigenvalue weighted by Crippen LogP contribution is -2.47. The summed E-state index contributed by atoms with van der Waals surface area (Å²) in [7, 11) is -5.23. The molecule has 1 aliphatic rings. The number of rotatable bonds is 6. The van der Waals surface area contributed by atoms with Gasteiger partial charge in [0, 0.05) is 32.4 Å². The molecule has 0 unspecified atom stereocenters. The van der Waals surface area contributed by atoms with Crippen LogP contribution in [-0.2, 0) is 16.6 Å². The molecule has 3 N–H and O–H groups in total. The second kappa shape index (κ2) is 8.71. The minimum absolute atomic E-state index is 0.0747. The van der Waals surface area contributed by atoms with Crippen molar-refractivity contribution in [1.82, 2.24) is 25.1 Å². The maximum absolute atomic E-state index is 12.6. The number of sulfonamides is 1. The molecule has 1 saturated heterocycles. The van der Waals surface area contributed by atoms with Gasteiger partial charge in [-0.3, -0.25) is 5.10 Å². The molecule has 0 spiro atoms. The molecule has 2 heterocycles. The van der Waals surface area contributed by atoms with E-state index in [1.807, 2.05) is 13.0 Å². The van der Waals surface area contributed by atoms with E-state index in [1.165, 1.54) is 0 Å². The number of piperidine rings is 1. The number of halogens is 3. The van der Waals surface area contributed by atoms with Gasteiger partial charge in [-0.25, -0.2) is 13.4 Å². The number of guanidine groups is 1. The van der Waals surface area contributed by atoms with Gasteiger partial charge in [0.1, 0.15) is 0 Å². The number of hydrogen-bond donors (Lipinski definition) is 3. The highest BCUT2D eigenvalue weighted by Gasteiger charge is 2.50. The molecule has 1 aromatic rings. The molecule has 1 fully saturated rings. The number of aromatic nitrogens is 2. The zero-order chi connectivity index (χ0) is 19.2. The zero-order valence-corrected chi connectivity index (χ0v) is 15.2. The third-order valence-corrected chi connectivity index (χ3v) is 5.70. The molecule has 0 aliphatic carbocycles. The number of nitrogens with one attached hydrogen (secondary N) is 3. The van der Waals surface area contributed by atoms with Crippen LogP contribution in [-0.4, -0.2) is 60.6 Å². The SMILES string of the molecule is CCNC(=NCc1ccn[nH]1)NCC1CCN(S(=O)(=O)C(F)(F)F)CC1. The van der Waals surface area contributed by atoms with Crippen LogP contribution in [0.15, 0.2) is 17.3 Å². The Bertz CT molecular complexity index is 682. The van der Waals surface area contributed by atoms with Crippen LogP contribution in [0.2, 0.25) is 0 Å². The molecular formula is C14H23F3N6O2S. The first kappa shape index (κ1) is 20.5. The van der Waals surface area contributed by atoms with Gasteiger partial charge in [0.15, 0.2) is 5.96 Å². The van der Waals surface area contributed by atoms with Gasteiger partial charge >= 0.3 is 15.5 Å². The van der Waals surface area contributed by atoms with Crippen LogP contribution < -0.4 is 10.6 Å². The van der Waals surface area contributed by atoms with Crippen molar-refractivity contribution in [1.29, 1.82) is 0 Å². The highest BCUT2D eigenvalue weighted by Crippen LogP contribution is 2.30. The number of aliphatic imine (C=N–C) groups is 1. The maximum Gasteiger partial charge on any atom is 0.511 e. The Morgan fingerprint density at radius 1 is 1.38 bits per heavy atom. The Morgan fingerprint density at radius 3 is 2.62 bits per heavy atom. The quantitative estimate of drug-likeness (QED) is 0.492. The fraction of sp³-hybridized carbons (Fsp3) is 0.714. The van der Waals surface area contributed by atoms with Gasteiger partial charge in [-0.2, -0.15) is 22.6 Å². The van der Waals surface area contributed by atoms with Crippen LogP contribution in [0, 0.1) is 5.92 Å². The molecule has 26 heavy (non-hydrogen) atoms. The number of alkyl halides is 3. The molecule has 0 amide bonds. The second-order valence-corrected chi connectivity index (χ2v) is 7.88. The monoisotopic (exact) mass is 396 g/mol. The number of aromatic amines is 1. The smallest absolute Gasteiger partial charge is 0.357 e. The molecule has 2 rings (SSSR count). The number of H-pyrrole nitrogens is 1. The third kappa shape index (κ3) is 5.34. The van der Waals surface area contributed by atoms with Crippen LogP contribution >= 0.6 is 0 Å². The average Bonchev–Trinajstić information content (AvgIpc) is 3.10. The first-order chi connectivity index (χ1) is 12.2. The Kier molecular flexibility index (Phi) is 6.87. The van der Waals surface area contributed by atoms with Gasteiger partial charge in [0.05, 0.1) is 12.2 Å². The first-order valence-corrected chi connectivity index (χ1v) is 9.75. The van der Waals surface area contributed by atoms with Crippen molar-refractivity contribution in [2.75, 3.05) is 26.2 Å². The Morgan fingerprint density at radius 2 is 2.08 bits per heavy atom. The molecule has 0 radical (unpaired) electrons. The molecule has 0 atom stereocenters. The Hall–Kier alpha value is -1.82. The molecule has 0 bridgehead atoms. The van der Waals surface area contributed by atoms with Crippen LogP contribution in [0.25, 0.3) is 0 Å². The zero-order valence-electron chi connectivity index (χ0n) is 14.4. The molecule has 0 saturated carbocycles. The van der Waals surface area contributed by atoms with Gasteiger partial charge in [-0.1, -0.05) is 0 Å². The second-order valence-electron chi connectivity index (χ2n) is 5.95. The topological polar surface area (TPSA) is 102 Å². The van der Waals surface area contributed by atoms with Gasteiger partial charge < -0.3 is 10.6 Å². The summed E-state index contributed by atoms with van der Waals surface area (Å²) in [5.41, 5.74) is -4.39. The minimum Gasteiger partial charge on any atom is -0.357 e. The molecule has 1 aliphatic heterocycles. The predicted molar refractivity (Wildman–Crippen MR) is 90.7 cm³/mol. The fourth-order valence-electron chi connectivity index (χ4n) is 2.62. The molecule has 12 heteroatoms. The number of hydrogen-bond acceptors (Lipinski definition) is 4. The van der Waals surface area contributed by atoms with E-state index in [9.17, 15) is 21.6 Å². The lowest BCUT2D eigenvalue weighted by atomic mass is 9.98. The summed E-state index contributed by atoms with van der Waals surface area (Å²) < 4.78 is 61.1. The van der Waals surface area contributed by atoms with Crippen molar-refractivity contribution in [3.8, 4) is 0 Å². The normalized spacial score (nSPS) is 18.1. The predicted octanol–water partition coefficient (Wildman–Crippen LogP) is 1.03. The molecule has 148 valence electrons. The summed E-state index contributed by atoms with van der Waals surface area (Å²) in [5, 5.41) is 12.9. The van der Waals surface area contributed by atoms with Crippen molar-refractivity contribution in [3.05, 3.63) is 18.0 Å². The largest absolute Gasteiger partial charge is 0.511 e. The van der Waals surface area contributed by atoms with Crippen molar-refractivity contribution >= 4 is 16.0 Å². The molecular weight excluding hydrogens is 373 g/mol. The van der Waals surface area contributed by atoms with E-state index in [2.05, 4.69) is 25.8 Å². The van der Waals surface area contributed by atoms with E-state index in [0.29, 0.717) is 42.7 Å². The van der Waals surface area contributed by atoms with Crippen molar-refractivity contribution in [2.45, 2.75) is 31.8 Å². The van der Waals surface area contributed by atoms with Gasteiger partial charge in [-0.15, -0.1) is 0 Å². The maximum atomic E-state index is 12.6. The van der Waals surface area contributed by atoms with Crippen LogP contribution in [0.3, 0.4) is 0 Å². The van der Waals surface area contributed by atoms with Crippen molar-refractivity contribution in [3.63, 3.8) is 0 Å². The summed E-state index contributed by atoms with van der Waals surface area (Å²) in [6.45, 7) is 3.25. The van der Waals surface area contributed by atoms with Gasteiger partial charge in [0.25, 0.3) is 0 Å². The minimum atomic E-state index is -5.24. The van der Waals surface area contributed by atoms with E-state index in [1.54, 1.807) is 6.20 Å². The average molecular weight is 396 g/mol. The highest BCUT2D eigenvalue weighted by molar-refractivity contribution is 7.90. The van der Waals surface area contributed by atoms with E-state index in [0.717, 1.165) is 5.69 Å². The third-order valence-electron chi connectivity index (χ3n) is 4.07. The van der Waals surface area contributed by atoms with E-state index >= 15 is 0 Å². The van der Waals surface area contributed by atoms with Gasteiger partial charge in [-0.05, 0) is 31.7 Å². The highest BCUT2D eigenvalue weighted by atomic mass is 32.2. The van der Waals surface area contributed by atoms with E-state index < -0.39 is 15.5 Å². The summed E-state index contributed by atoms with van der Waals surface area (Å²) in [4.78, 5) is 4.39. The summed E-state index contributed by atoms with van der Waals surface area (Å²) in [6, 6.07) is 1.81. The summed E-state index contributed by atoms with van der Waals surface area (Å²) in [5.74, 6) is 0.665. The van der Waals surface area contributed by atoms with Gasteiger partial charge in [0.2, 0.25) is 0 Å². The standard InChI is InChI=1S/C14H23F3N6O2S/c1-2-18-13(20-10-12-3-6-21-22-12)19-9-11-4-7-23(8-5-11)26(24,25)14(15,16)17/h3,6,11H,2,4-5,7-10H2,1H3,(H,21,22)(H2,18,19,20). The molecule has 1 aromatic heterocycles. The first-order valence-electron chi connectivity index (χ1n) is 8.31. The lowest BCUT2D eigenvalue weighted by Gasteiger charge is -2.31. The molecule has 0 aromatic carbocycles. The summed E-state index contributed by atoms with van der Waals surface area (Å²) >= 11 is 0. The van der Waals surface area contributed by atoms with Crippen LogP contribution in [0.4, 0.5) is 13.2 Å². The number of nitrogens with zero attached hydrogens (tertiary/aromatic N) is 3. The Balaban J connectivity index is 1.83. The summed E-state index contributed by atoms with van der Waals surface area (Å²) in [6.07, 6.45) is 2.36. The lowest BCUT2D eigenvalue weighted by molar-refractivity contribution is -0.0496. The molecule has 8 nitrogen and oxygen atoms in total. The fourth-order valence-corrected chi connectivity index (χ4v) is 3.60. The van der Waals surface area contributed by atoms with Crippen molar-refractivity contribution < 1.29 is 21.6 Å². The Labute approximate surface area is 150 Å². The van der Waals surface area contributed by atoms with E-state index in [4.69, 9.17) is 0 Å².